The number of aromatic amines is 1. The van der Waals surface area contributed by atoms with E-state index in [0.29, 0.717) is 16.8 Å². The predicted octanol–water partition coefficient (Wildman–Crippen LogP) is 3.75. The number of aryl methyl sites for hydroxylation is 3. The number of carbonyl (C=O) groups excluding carboxylic acids is 1. The number of hydrogen-bond donors (Lipinski definition) is 3. The van der Waals surface area contributed by atoms with E-state index in [-0.39, 0.29) is 6.03 Å². The standard InChI is InChI=1S/C19H22N6OS/c1-12-20-17(25-24-12)16(13-8-4-2-5-9-13)22-18(26)23-19-21-14-10-6-3-7-11-15(14)27-19/h2,4-5,8-9,16H,3,6-7,10-11H2,1H3,(H,20,24,25)(H2,21,22,23,26). The molecule has 2 aromatic heterocycles. The highest BCUT2D eigenvalue weighted by atomic mass is 32.1. The molecule has 0 aliphatic heterocycles. The third-order valence-corrected chi connectivity index (χ3v) is 5.67. The topological polar surface area (TPSA) is 95.6 Å². The van der Waals surface area contributed by atoms with Gasteiger partial charge in [0.25, 0.3) is 0 Å². The maximum absolute atomic E-state index is 12.6. The first-order valence-corrected chi connectivity index (χ1v) is 10.0. The number of hydrogen-bond acceptors (Lipinski definition) is 5. The fourth-order valence-electron chi connectivity index (χ4n) is 3.28. The van der Waals surface area contributed by atoms with Crippen molar-refractivity contribution in [3.05, 3.63) is 58.1 Å². The lowest BCUT2D eigenvalue weighted by Gasteiger charge is -2.16. The number of carbonyl (C=O) groups is 1. The predicted molar refractivity (Wildman–Crippen MR) is 105 cm³/mol. The molecule has 0 fully saturated rings. The van der Waals surface area contributed by atoms with Gasteiger partial charge in [-0.15, -0.1) is 11.3 Å². The van der Waals surface area contributed by atoms with Crippen molar-refractivity contribution in [1.82, 2.24) is 25.5 Å². The summed E-state index contributed by atoms with van der Waals surface area (Å²) in [5.74, 6) is 1.24. The Bertz CT molecular complexity index is 896. The third kappa shape index (κ3) is 4.16. The molecule has 1 aliphatic carbocycles. The largest absolute Gasteiger partial charge is 0.324 e. The lowest BCUT2D eigenvalue weighted by atomic mass is 10.1. The van der Waals surface area contributed by atoms with Crippen LogP contribution >= 0.6 is 11.3 Å². The smallest absolute Gasteiger partial charge is 0.321 e. The van der Waals surface area contributed by atoms with Gasteiger partial charge in [-0.3, -0.25) is 10.4 Å². The van der Waals surface area contributed by atoms with Gasteiger partial charge in [-0.2, -0.15) is 5.10 Å². The van der Waals surface area contributed by atoms with Crippen LogP contribution in [0.1, 0.15) is 53.1 Å². The number of amides is 2. The van der Waals surface area contributed by atoms with Crippen LogP contribution in [-0.2, 0) is 12.8 Å². The van der Waals surface area contributed by atoms with Crippen molar-refractivity contribution in [2.45, 2.75) is 45.1 Å². The molecule has 8 heteroatoms. The minimum atomic E-state index is -0.436. The Morgan fingerprint density at radius 2 is 1.96 bits per heavy atom. The molecule has 2 amide bonds. The van der Waals surface area contributed by atoms with E-state index in [2.05, 4.69) is 30.8 Å². The second-order valence-electron chi connectivity index (χ2n) is 6.67. The first kappa shape index (κ1) is 17.7. The van der Waals surface area contributed by atoms with Crippen molar-refractivity contribution in [3.63, 3.8) is 0 Å². The summed E-state index contributed by atoms with van der Waals surface area (Å²) in [6, 6.07) is 8.94. The van der Waals surface area contributed by atoms with Crippen molar-refractivity contribution in [2.75, 3.05) is 5.32 Å². The van der Waals surface area contributed by atoms with Crippen LogP contribution in [0, 0.1) is 6.92 Å². The summed E-state index contributed by atoms with van der Waals surface area (Å²) in [6.07, 6.45) is 5.67. The SMILES string of the molecule is Cc1nc(C(NC(=O)Nc2nc3c(s2)CCCCC3)c2ccccc2)n[nH]1. The van der Waals surface area contributed by atoms with E-state index >= 15 is 0 Å². The second kappa shape index (κ2) is 7.87. The molecule has 7 nitrogen and oxygen atoms in total. The molecule has 1 aliphatic rings. The Morgan fingerprint density at radius 1 is 1.15 bits per heavy atom. The third-order valence-electron chi connectivity index (χ3n) is 4.60. The van der Waals surface area contributed by atoms with E-state index in [0.717, 1.165) is 24.1 Å². The quantitative estimate of drug-likeness (QED) is 0.599. The van der Waals surface area contributed by atoms with Gasteiger partial charge in [0.05, 0.1) is 5.69 Å². The molecular weight excluding hydrogens is 360 g/mol. The number of aromatic nitrogens is 4. The van der Waals surface area contributed by atoms with Crippen LogP contribution in [0.5, 0.6) is 0 Å². The molecule has 0 saturated heterocycles. The monoisotopic (exact) mass is 382 g/mol. The molecule has 1 aromatic carbocycles. The normalized spacial score (nSPS) is 14.9. The summed E-state index contributed by atoms with van der Waals surface area (Å²) in [4.78, 5) is 22.9. The zero-order valence-corrected chi connectivity index (χ0v) is 16.0. The van der Waals surface area contributed by atoms with E-state index in [9.17, 15) is 4.79 Å². The van der Waals surface area contributed by atoms with Crippen LogP contribution in [0.2, 0.25) is 0 Å². The minimum Gasteiger partial charge on any atom is -0.324 e. The summed E-state index contributed by atoms with van der Waals surface area (Å²) in [7, 11) is 0. The number of urea groups is 1. The Hall–Kier alpha value is -2.74. The Morgan fingerprint density at radius 3 is 2.74 bits per heavy atom. The Kier molecular flexibility index (Phi) is 5.15. The number of nitrogens with one attached hydrogen (secondary N) is 3. The van der Waals surface area contributed by atoms with Crippen LogP contribution in [0.15, 0.2) is 30.3 Å². The zero-order chi connectivity index (χ0) is 18.6. The van der Waals surface area contributed by atoms with E-state index < -0.39 is 6.04 Å². The van der Waals surface area contributed by atoms with Gasteiger partial charge in [-0.05, 0) is 38.2 Å². The lowest BCUT2D eigenvalue weighted by Crippen LogP contribution is -2.33. The Balaban J connectivity index is 1.50. The van der Waals surface area contributed by atoms with E-state index in [1.807, 2.05) is 37.3 Å². The number of rotatable bonds is 4. The van der Waals surface area contributed by atoms with Gasteiger partial charge in [0.15, 0.2) is 11.0 Å². The van der Waals surface area contributed by atoms with Crippen LogP contribution in [0.3, 0.4) is 0 Å². The molecular formula is C19H22N6OS. The molecule has 4 rings (SSSR count). The molecule has 0 saturated carbocycles. The second-order valence-corrected chi connectivity index (χ2v) is 7.75. The van der Waals surface area contributed by atoms with Gasteiger partial charge in [-0.1, -0.05) is 36.8 Å². The first-order valence-electron chi connectivity index (χ1n) is 9.19. The first-order chi connectivity index (χ1) is 13.2. The molecule has 3 aromatic rings. The molecule has 1 unspecified atom stereocenters. The van der Waals surface area contributed by atoms with E-state index in [4.69, 9.17) is 0 Å². The molecule has 2 heterocycles. The van der Waals surface area contributed by atoms with Crippen LogP contribution in [0.25, 0.3) is 0 Å². The highest BCUT2D eigenvalue weighted by molar-refractivity contribution is 7.15. The van der Waals surface area contributed by atoms with Gasteiger partial charge in [-0.25, -0.2) is 14.8 Å². The lowest BCUT2D eigenvalue weighted by molar-refractivity contribution is 0.249. The number of anilines is 1. The average molecular weight is 382 g/mol. The van der Waals surface area contributed by atoms with Gasteiger partial charge in [0, 0.05) is 4.88 Å². The number of H-pyrrole nitrogens is 1. The molecule has 27 heavy (non-hydrogen) atoms. The Labute approximate surface area is 161 Å². The van der Waals surface area contributed by atoms with Crippen LogP contribution in [0.4, 0.5) is 9.93 Å². The van der Waals surface area contributed by atoms with Gasteiger partial charge in [0.1, 0.15) is 11.9 Å². The van der Waals surface area contributed by atoms with Gasteiger partial charge >= 0.3 is 6.03 Å². The van der Waals surface area contributed by atoms with Gasteiger partial charge in [0.2, 0.25) is 0 Å². The van der Waals surface area contributed by atoms with Crippen LogP contribution in [-0.4, -0.2) is 26.2 Å². The van der Waals surface area contributed by atoms with Crippen molar-refractivity contribution >= 4 is 22.5 Å². The number of fused-ring (bicyclic) bond motifs is 1. The maximum atomic E-state index is 12.6. The highest BCUT2D eigenvalue weighted by Crippen LogP contribution is 2.29. The minimum absolute atomic E-state index is 0.310. The van der Waals surface area contributed by atoms with Gasteiger partial charge < -0.3 is 5.32 Å². The van der Waals surface area contributed by atoms with Crippen molar-refractivity contribution in [2.24, 2.45) is 0 Å². The molecule has 3 N–H and O–H groups in total. The van der Waals surface area contributed by atoms with Crippen molar-refractivity contribution < 1.29 is 4.79 Å². The molecule has 0 spiro atoms. The summed E-state index contributed by atoms with van der Waals surface area (Å²) >= 11 is 1.58. The summed E-state index contributed by atoms with van der Waals surface area (Å²) in [5, 5.41) is 13.6. The number of nitrogens with zero attached hydrogens (tertiary/aromatic N) is 3. The zero-order valence-electron chi connectivity index (χ0n) is 15.2. The fourth-order valence-corrected chi connectivity index (χ4v) is 4.32. The highest BCUT2D eigenvalue weighted by Gasteiger charge is 2.22. The maximum Gasteiger partial charge on any atom is 0.321 e. The fraction of sp³-hybridized carbons (Fsp3) is 0.368. The number of thiazole rings is 1. The van der Waals surface area contributed by atoms with Crippen LogP contribution < -0.4 is 10.6 Å². The molecule has 140 valence electrons. The van der Waals surface area contributed by atoms with Crippen molar-refractivity contribution in [1.29, 1.82) is 0 Å². The molecule has 0 radical (unpaired) electrons. The summed E-state index contributed by atoms with van der Waals surface area (Å²) in [5.41, 5.74) is 2.05. The molecule has 1 atom stereocenters. The molecule has 0 bridgehead atoms. The summed E-state index contributed by atoms with van der Waals surface area (Å²) < 4.78 is 0. The van der Waals surface area contributed by atoms with E-state index in [1.165, 1.54) is 24.1 Å². The van der Waals surface area contributed by atoms with E-state index in [1.54, 1.807) is 11.3 Å². The average Bonchev–Trinajstić information content (AvgIpc) is 3.20. The summed E-state index contributed by atoms with van der Waals surface area (Å²) in [6.45, 7) is 1.83. The number of benzene rings is 1. The van der Waals surface area contributed by atoms with Crippen molar-refractivity contribution in [3.8, 4) is 0 Å².